The van der Waals surface area contributed by atoms with Crippen LogP contribution in [0.25, 0.3) is 11.2 Å². The maximum absolute atomic E-state index is 13.2. The Labute approximate surface area is 193 Å². The van der Waals surface area contributed by atoms with E-state index in [0.717, 1.165) is 17.7 Å². The molecule has 1 unspecified atom stereocenters. The highest BCUT2D eigenvalue weighted by Gasteiger charge is 2.32. The van der Waals surface area contributed by atoms with Crippen molar-refractivity contribution in [3.05, 3.63) is 81.9 Å². The largest absolute Gasteiger partial charge is 0.308 e. The second kappa shape index (κ2) is 8.69. The van der Waals surface area contributed by atoms with Gasteiger partial charge in [0, 0.05) is 19.0 Å². The Kier molecular flexibility index (Phi) is 5.70. The van der Waals surface area contributed by atoms with E-state index in [1.165, 1.54) is 33.3 Å². The Morgan fingerprint density at radius 2 is 1.71 bits per heavy atom. The summed E-state index contributed by atoms with van der Waals surface area (Å²) in [4.78, 5) is 20.0. The zero-order valence-corrected chi connectivity index (χ0v) is 18.7. The lowest BCUT2D eigenvalue weighted by atomic mass is 9.99. The minimum atomic E-state index is -3.83. The molecule has 0 radical (unpaired) electrons. The topological polar surface area (TPSA) is 114 Å². The van der Waals surface area contributed by atoms with E-state index in [2.05, 4.69) is 20.3 Å². The first-order valence-electron chi connectivity index (χ1n) is 10.6. The second-order valence-corrected chi connectivity index (χ2v) is 10.1. The average molecular weight is 487 g/mol. The van der Waals surface area contributed by atoms with E-state index in [1.54, 1.807) is 12.1 Å². The molecule has 1 aliphatic rings. The minimum absolute atomic E-state index is 0.00743. The molecule has 2 aromatic carbocycles. The van der Waals surface area contributed by atoms with Gasteiger partial charge in [0.1, 0.15) is 17.5 Å². The van der Waals surface area contributed by atoms with Crippen LogP contribution in [0, 0.1) is 11.6 Å². The monoisotopic (exact) mass is 486 g/mol. The third-order valence-electron chi connectivity index (χ3n) is 5.86. The smallest absolute Gasteiger partial charge is 0.281 e. The molecule has 1 aliphatic heterocycles. The minimum Gasteiger partial charge on any atom is -0.308 e. The van der Waals surface area contributed by atoms with Crippen LogP contribution in [0.2, 0.25) is 0 Å². The number of aromatic amines is 1. The molecule has 0 amide bonds. The average Bonchev–Trinajstić information content (AvgIpc) is 3.24. The second-order valence-electron chi connectivity index (χ2n) is 8.15. The quantitative estimate of drug-likeness (QED) is 0.464. The van der Waals surface area contributed by atoms with E-state index in [1.807, 2.05) is 0 Å². The van der Waals surface area contributed by atoms with Gasteiger partial charge >= 0.3 is 0 Å². The van der Waals surface area contributed by atoms with Gasteiger partial charge in [-0.3, -0.25) is 4.79 Å². The molecule has 12 heteroatoms. The number of sulfonamides is 1. The molecule has 1 saturated heterocycles. The summed E-state index contributed by atoms with van der Waals surface area (Å²) < 4.78 is 55.4. The van der Waals surface area contributed by atoms with Crippen LogP contribution in [-0.2, 0) is 16.6 Å². The molecule has 0 aliphatic carbocycles. The zero-order valence-electron chi connectivity index (χ0n) is 17.9. The molecule has 1 fully saturated rings. The molecule has 9 nitrogen and oxygen atoms in total. The first-order chi connectivity index (χ1) is 16.3. The van der Waals surface area contributed by atoms with Gasteiger partial charge in [-0.1, -0.05) is 17.3 Å². The summed E-state index contributed by atoms with van der Waals surface area (Å²) in [7, 11) is -3.83. The van der Waals surface area contributed by atoms with Gasteiger partial charge in [0.25, 0.3) is 5.56 Å². The number of hydrogen-bond acceptors (Lipinski definition) is 6. The molecule has 3 heterocycles. The van der Waals surface area contributed by atoms with Gasteiger partial charge in [0.2, 0.25) is 10.0 Å². The highest BCUT2D eigenvalue weighted by atomic mass is 32.2. The van der Waals surface area contributed by atoms with Crippen LogP contribution >= 0.6 is 0 Å². The van der Waals surface area contributed by atoms with Crippen LogP contribution in [0.15, 0.2) is 58.2 Å². The molecule has 0 saturated carbocycles. The summed E-state index contributed by atoms with van der Waals surface area (Å²) in [5.41, 5.74) is 0.619. The number of aromatic nitrogens is 5. The van der Waals surface area contributed by atoms with Crippen molar-refractivity contribution in [2.45, 2.75) is 30.2 Å². The lowest BCUT2D eigenvalue weighted by molar-refractivity contribution is 0.309. The number of piperidine rings is 1. The van der Waals surface area contributed by atoms with Gasteiger partial charge in [-0.25, -0.2) is 26.9 Å². The Hall–Kier alpha value is -3.51. The van der Waals surface area contributed by atoms with Crippen LogP contribution in [0.1, 0.15) is 30.1 Å². The molecule has 2 aromatic heterocycles. The van der Waals surface area contributed by atoms with Crippen LogP contribution in [0.3, 0.4) is 0 Å². The summed E-state index contributed by atoms with van der Waals surface area (Å²) in [6, 6.07) is 10.6. The van der Waals surface area contributed by atoms with Crippen molar-refractivity contribution in [1.82, 2.24) is 29.3 Å². The predicted molar refractivity (Wildman–Crippen MR) is 119 cm³/mol. The normalized spacial score (nSPS) is 17.3. The van der Waals surface area contributed by atoms with Gasteiger partial charge in [-0.2, -0.15) is 4.31 Å². The third-order valence-corrected chi connectivity index (χ3v) is 7.74. The van der Waals surface area contributed by atoms with Gasteiger partial charge in [-0.05, 0) is 54.8 Å². The fraction of sp³-hybridized carbons (Fsp3) is 0.273. The lowest BCUT2D eigenvalue weighted by Gasteiger charge is -2.31. The van der Waals surface area contributed by atoms with E-state index in [0.29, 0.717) is 25.2 Å². The SMILES string of the molecule is O=c1[nH]c(C2CCCN(S(=O)(=O)c3ccc(F)cc3)C2)nc2c1nnn2Cc1ccc(F)cc1. The molecule has 34 heavy (non-hydrogen) atoms. The highest BCUT2D eigenvalue weighted by Crippen LogP contribution is 2.29. The summed E-state index contributed by atoms with van der Waals surface area (Å²) >= 11 is 0. The van der Waals surface area contributed by atoms with E-state index < -0.39 is 21.4 Å². The maximum atomic E-state index is 13.2. The Morgan fingerprint density at radius 3 is 2.41 bits per heavy atom. The summed E-state index contributed by atoms with van der Waals surface area (Å²) in [5, 5.41) is 7.93. The number of nitrogens with zero attached hydrogens (tertiary/aromatic N) is 5. The third kappa shape index (κ3) is 4.21. The van der Waals surface area contributed by atoms with Gasteiger partial charge in [-0.15, -0.1) is 5.10 Å². The Morgan fingerprint density at radius 1 is 1.03 bits per heavy atom. The molecule has 4 aromatic rings. The first-order valence-corrected chi connectivity index (χ1v) is 12.1. The molecule has 176 valence electrons. The lowest BCUT2D eigenvalue weighted by Crippen LogP contribution is -2.39. The Balaban J connectivity index is 1.44. The van der Waals surface area contributed by atoms with Gasteiger partial charge in [0.15, 0.2) is 11.2 Å². The fourth-order valence-electron chi connectivity index (χ4n) is 4.09. The molecule has 1 N–H and O–H groups in total. The van der Waals surface area contributed by atoms with Crippen LogP contribution in [-0.4, -0.2) is 50.8 Å². The van der Waals surface area contributed by atoms with Crippen molar-refractivity contribution < 1.29 is 17.2 Å². The maximum Gasteiger partial charge on any atom is 0.281 e. The number of nitrogens with one attached hydrogen (secondary N) is 1. The molecule has 0 spiro atoms. The first kappa shape index (κ1) is 22.3. The van der Waals surface area contributed by atoms with Crippen LogP contribution in [0.4, 0.5) is 8.78 Å². The molecule has 1 atom stereocenters. The summed E-state index contributed by atoms with van der Waals surface area (Å²) in [6.07, 6.45) is 1.20. The number of halogens is 2. The fourth-order valence-corrected chi connectivity index (χ4v) is 5.61. The summed E-state index contributed by atoms with van der Waals surface area (Å²) in [5.74, 6) is -0.882. The number of H-pyrrole nitrogens is 1. The van der Waals surface area contributed by atoms with Crippen LogP contribution < -0.4 is 5.56 Å². The van der Waals surface area contributed by atoms with E-state index in [9.17, 15) is 22.0 Å². The van der Waals surface area contributed by atoms with Crippen molar-refractivity contribution in [1.29, 1.82) is 0 Å². The molecular weight excluding hydrogens is 466 g/mol. The van der Waals surface area contributed by atoms with Crippen molar-refractivity contribution in [2.24, 2.45) is 0 Å². The molecule has 5 rings (SSSR count). The van der Waals surface area contributed by atoms with Crippen molar-refractivity contribution in [3.8, 4) is 0 Å². The summed E-state index contributed by atoms with van der Waals surface area (Å²) in [6.45, 7) is 0.669. The molecule has 0 bridgehead atoms. The van der Waals surface area contributed by atoms with Crippen molar-refractivity contribution >= 4 is 21.2 Å². The highest BCUT2D eigenvalue weighted by molar-refractivity contribution is 7.89. The van der Waals surface area contributed by atoms with Crippen molar-refractivity contribution in [2.75, 3.05) is 13.1 Å². The standard InChI is InChI=1S/C22H20F2N6O3S/c23-16-5-3-14(4-6-16)12-30-21-19(27-28-30)22(31)26-20(25-21)15-2-1-11-29(13-15)34(32,33)18-9-7-17(24)8-10-18/h3-10,15H,1-2,11-13H2,(H,25,26,31). The van der Waals surface area contributed by atoms with E-state index in [-0.39, 0.29) is 40.9 Å². The van der Waals surface area contributed by atoms with Gasteiger partial charge < -0.3 is 4.98 Å². The molecular formula is C22H20F2N6O3S. The van der Waals surface area contributed by atoms with Crippen LogP contribution in [0.5, 0.6) is 0 Å². The predicted octanol–water partition coefficient (Wildman–Crippen LogP) is 2.41. The number of benzene rings is 2. The number of fused-ring (bicyclic) bond motifs is 1. The van der Waals surface area contributed by atoms with E-state index in [4.69, 9.17) is 0 Å². The van der Waals surface area contributed by atoms with Gasteiger partial charge in [0.05, 0.1) is 11.4 Å². The van der Waals surface area contributed by atoms with Crippen molar-refractivity contribution in [3.63, 3.8) is 0 Å². The Bertz CT molecular complexity index is 1500. The number of rotatable bonds is 5. The van der Waals surface area contributed by atoms with E-state index >= 15 is 0 Å². The zero-order chi connectivity index (χ0) is 23.9. The number of hydrogen-bond donors (Lipinski definition) is 1.